The molecule has 2 unspecified atom stereocenters. The van der Waals surface area contributed by atoms with Crippen LogP contribution >= 0.6 is 0 Å². The van der Waals surface area contributed by atoms with Gasteiger partial charge in [0.2, 0.25) is 5.91 Å². The third-order valence-electron chi connectivity index (χ3n) is 7.47. The van der Waals surface area contributed by atoms with Gasteiger partial charge in [-0.15, -0.1) is 0 Å². The van der Waals surface area contributed by atoms with Crippen molar-refractivity contribution in [2.24, 2.45) is 0 Å². The fourth-order valence-electron chi connectivity index (χ4n) is 4.81. The highest BCUT2D eigenvalue weighted by Crippen LogP contribution is 2.35. The summed E-state index contributed by atoms with van der Waals surface area (Å²) in [5.41, 5.74) is 1.14. The molecule has 0 aromatic heterocycles. The van der Waals surface area contributed by atoms with E-state index >= 15 is 0 Å². The van der Waals surface area contributed by atoms with Crippen molar-refractivity contribution in [2.45, 2.75) is 84.5 Å². The van der Waals surface area contributed by atoms with Crippen LogP contribution in [0, 0.1) is 6.92 Å². The van der Waals surface area contributed by atoms with Gasteiger partial charge in [-0.1, -0.05) is 43.3 Å². The summed E-state index contributed by atoms with van der Waals surface area (Å²) < 4.78 is 10.8. The maximum absolute atomic E-state index is 14.8. The fraction of sp³-hybridized carbons (Fsp3) is 0.400. The minimum absolute atomic E-state index is 0.0836. The molecule has 236 valence electrons. The molecule has 3 aromatic carbocycles. The van der Waals surface area contributed by atoms with Crippen LogP contribution in [-0.2, 0) is 20.7 Å². The Morgan fingerprint density at radius 1 is 0.909 bits per heavy atom. The quantitative estimate of drug-likeness (QED) is 0.229. The molecular formula is C35H45N3O6. The Morgan fingerprint density at radius 3 is 2.07 bits per heavy atom. The van der Waals surface area contributed by atoms with Crippen LogP contribution in [0.3, 0.4) is 0 Å². The SMILES string of the molecule is CCC(C)(C)N(C(=O)C(Cc1ccc(O)cc1)NC(=O)OC(C)(C)C)C(C(=O)Nc1ccc(OC)cc1)c1ccccc1C. The molecule has 0 spiro atoms. The molecule has 2 atom stereocenters. The predicted octanol–water partition coefficient (Wildman–Crippen LogP) is 6.54. The zero-order valence-corrected chi connectivity index (χ0v) is 26.9. The van der Waals surface area contributed by atoms with Crippen LogP contribution in [0.15, 0.2) is 72.8 Å². The fourth-order valence-corrected chi connectivity index (χ4v) is 4.81. The molecule has 3 N–H and O–H groups in total. The summed E-state index contributed by atoms with van der Waals surface area (Å²) in [6.07, 6.45) is -0.121. The third kappa shape index (κ3) is 8.99. The number of nitrogens with one attached hydrogen (secondary N) is 2. The van der Waals surface area contributed by atoms with Crippen molar-refractivity contribution in [1.29, 1.82) is 0 Å². The molecule has 0 aliphatic carbocycles. The van der Waals surface area contributed by atoms with E-state index in [1.165, 1.54) is 12.1 Å². The Kier molecular flexibility index (Phi) is 11.0. The molecule has 3 amide bonds. The number of rotatable bonds is 11. The van der Waals surface area contributed by atoms with Gasteiger partial charge in [0.15, 0.2) is 0 Å². The number of hydrogen-bond acceptors (Lipinski definition) is 6. The third-order valence-corrected chi connectivity index (χ3v) is 7.47. The van der Waals surface area contributed by atoms with E-state index in [2.05, 4.69) is 10.6 Å². The maximum atomic E-state index is 14.8. The molecular weight excluding hydrogens is 558 g/mol. The van der Waals surface area contributed by atoms with Crippen LogP contribution in [0.2, 0.25) is 0 Å². The smallest absolute Gasteiger partial charge is 0.408 e. The lowest BCUT2D eigenvalue weighted by Crippen LogP contribution is -2.59. The first kappa shape index (κ1) is 34.0. The second-order valence-electron chi connectivity index (χ2n) is 12.4. The Morgan fingerprint density at radius 2 is 1.52 bits per heavy atom. The second kappa shape index (κ2) is 14.3. The molecule has 0 fully saturated rings. The van der Waals surface area contributed by atoms with E-state index in [0.717, 1.165) is 5.56 Å². The molecule has 3 aromatic rings. The maximum Gasteiger partial charge on any atom is 0.408 e. The number of carbonyl (C=O) groups excluding carboxylic acids is 3. The summed E-state index contributed by atoms with van der Waals surface area (Å²) in [5, 5.41) is 15.6. The molecule has 0 saturated heterocycles. The number of hydrogen-bond donors (Lipinski definition) is 3. The number of phenols is 1. The number of ether oxygens (including phenoxy) is 2. The largest absolute Gasteiger partial charge is 0.508 e. The van der Waals surface area contributed by atoms with E-state index < -0.39 is 41.1 Å². The monoisotopic (exact) mass is 603 g/mol. The first-order valence-electron chi connectivity index (χ1n) is 14.8. The molecule has 0 heterocycles. The summed E-state index contributed by atoms with van der Waals surface area (Å²) >= 11 is 0. The molecule has 0 radical (unpaired) electrons. The highest BCUT2D eigenvalue weighted by molar-refractivity contribution is 5.99. The molecule has 3 rings (SSSR count). The average Bonchev–Trinajstić information content (AvgIpc) is 2.96. The van der Waals surface area contributed by atoms with Crippen molar-refractivity contribution in [3.8, 4) is 11.5 Å². The van der Waals surface area contributed by atoms with Crippen LogP contribution in [0.1, 0.15) is 70.7 Å². The number of nitrogens with zero attached hydrogens (tertiary/aromatic N) is 1. The second-order valence-corrected chi connectivity index (χ2v) is 12.4. The van der Waals surface area contributed by atoms with Crippen LogP contribution in [0.4, 0.5) is 10.5 Å². The molecule has 44 heavy (non-hydrogen) atoms. The van der Waals surface area contributed by atoms with E-state index in [1.54, 1.807) is 69.2 Å². The Balaban J connectivity index is 2.14. The zero-order valence-electron chi connectivity index (χ0n) is 26.9. The van der Waals surface area contributed by atoms with Gasteiger partial charge in [0.25, 0.3) is 5.91 Å². The lowest BCUT2D eigenvalue weighted by Gasteiger charge is -2.45. The number of benzene rings is 3. The number of methoxy groups -OCH3 is 1. The number of anilines is 1. The highest BCUT2D eigenvalue weighted by Gasteiger charge is 2.43. The summed E-state index contributed by atoms with van der Waals surface area (Å²) in [6.45, 7) is 12.9. The van der Waals surface area contributed by atoms with E-state index in [9.17, 15) is 19.5 Å². The van der Waals surface area contributed by atoms with Crippen molar-refractivity contribution in [1.82, 2.24) is 10.2 Å². The van der Waals surface area contributed by atoms with Gasteiger partial charge in [-0.05, 0) is 101 Å². The van der Waals surface area contributed by atoms with Crippen LogP contribution in [0.25, 0.3) is 0 Å². The first-order valence-corrected chi connectivity index (χ1v) is 14.8. The van der Waals surface area contributed by atoms with Crippen molar-refractivity contribution < 1.29 is 29.0 Å². The number of carbonyl (C=O) groups is 3. The molecule has 9 heteroatoms. The lowest BCUT2D eigenvalue weighted by atomic mass is 9.89. The first-order chi connectivity index (χ1) is 20.6. The van der Waals surface area contributed by atoms with Crippen molar-refractivity contribution in [3.05, 3.63) is 89.5 Å². The highest BCUT2D eigenvalue weighted by atomic mass is 16.6. The molecule has 0 saturated carbocycles. The number of alkyl carbamates (subject to hydrolysis) is 1. The van der Waals surface area contributed by atoms with Gasteiger partial charge >= 0.3 is 6.09 Å². The predicted molar refractivity (Wildman–Crippen MR) is 172 cm³/mol. The number of aromatic hydroxyl groups is 1. The van der Waals surface area contributed by atoms with E-state index in [4.69, 9.17) is 9.47 Å². The van der Waals surface area contributed by atoms with Gasteiger partial charge in [0.1, 0.15) is 29.2 Å². The van der Waals surface area contributed by atoms with E-state index in [1.807, 2.05) is 52.0 Å². The Hall–Kier alpha value is -4.53. The number of amides is 3. The Bertz CT molecular complexity index is 1430. The van der Waals surface area contributed by atoms with Crippen LogP contribution in [-0.4, -0.2) is 52.2 Å². The van der Waals surface area contributed by atoms with Gasteiger partial charge < -0.3 is 30.1 Å². The molecule has 0 aliphatic rings. The van der Waals surface area contributed by atoms with Crippen molar-refractivity contribution in [3.63, 3.8) is 0 Å². The summed E-state index contributed by atoms with van der Waals surface area (Å²) in [7, 11) is 1.57. The lowest BCUT2D eigenvalue weighted by molar-refractivity contribution is -0.147. The molecule has 0 aliphatic heterocycles. The summed E-state index contributed by atoms with van der Waals surface area (Å²) in [5.74, 6) is -0.123. The van der Waals surface area contributed by atoms with Gasteiger partial charge in [-0.2, -0.15) is 0 Å². The molecule has 0 bridgehead atoms. The van der Waals surface area contributed by atoms with Crippen LogP contribution < -0.4 is 15.4 Å². The van der Waals surface area contributed by atoms with Gasteiger partial charge in [-0.25, -0.2) is 4.79 Å². The normalized spacial score (nSPS) is 12.9. The minimum Gasteiger partial charge on any atom is -0.508 e. The van der Waals surface area contributed by atoms with Gasteiger partial charge in [-0.3, -0.25) is 9.59 Å². The average molecular weight is 604 g/mol. The zero-order chi connectivity index (χ0) is 32.7. The number of phenolic OH excluding ortho intramolecular Hbond substituents is 1. The summed E-state index contributed by atoms with van der Waals surface area (Å²) in [6, 6.07) is 18.7. The van der Waals surface area contributed by atoms with Gasteiger partial charge in [0.05, 0.1) is 7.11 Å². The van der Waals surface area contributed by atoms with Crippen molar-refractivity contribution in [2.75, 3.05) is 12.4 Å². The van der Waals surface area contributed by atoms with E-state index in [0.29, 0.717) is 29.0 Å². The van der Waals surface area contributed by atoms with Gasteiger partial charge in [0, 0.05) is 17.6 Å². The van der Waals surface area contributed by atoms with Crippen molar-refractivity contribution >= 4 is 23.6 Å². The van der Waals surface area contributed by atoms with Crippen LogP contribution in [0.5, 0.6) is 11.5 Å². The standard InChI is InChI=1S/C35H45N3O6/c1-9-35(6,7)38(32(41)29(37-33(42)44-34(3,4)5)22-24-14-18-26(39)19-15-24)30(28-13-11-10-12-23(28)2)31(40)36-25-16-20-27(43-8)21-17-25/h10-21,29-30,39H,9,22H2,1-8H3,(H,36,40)(H,37,42). The number of aryl methyl sites for hydroxylation is 1. The topological polar surface area (TPSA) is 117 Å². The Labute approximate surface area is 260 Å². The minimum atomic E-state index is -1.08. The van der Waals surface area contributed by atoms with E-state index in [-0.39, 0.29) is 12.2 Å². The summed E-state index contributed by atoms with van der Waals surface area (Å²) in [4.78, 5) is 43.7. The molecule has 9 nitrogen and oxygen atoms in total.